The van der Waals surface area contributed by atoms with Crippen LogP contribution in [0.5, 0.6) is 0 Å². The summed E-state index contributed by atoms with van der Waals surface area (Å²) < 4.78 is 5.60. The van der Waals surface area contributed by atoms with Crippen LogP contribution in [-0.2, 0) is 4.74 Å². The van der Waals surface area contributed by atoms with Gasteiger partial charge in [0.2, 0.25) is 0 Å². The van der Waals surface area contributed by atoms with E-state index >= 15 is 0 Å². The number of rotatable bonds is 2. The predicted octanol–water partition coefficient (Wildman–Crippen LogP) is 3.43. The fourth-order valence-corrected chi connectivity index (χ4v) is 4.15. The number of aryl methyl sites for hydroxylation is 1. The van der Waals surface area contributed by atoms with Crippen molar-refractivity contribution in [2.45, 2.75) is 32.9 Å². The quantitative estimate of drug-likeness (QED) is 0.851. The van der Waals surface area contributed by atoms with Gasteiger partial charge in [0.25, 0.3) is 5.91 Å². The molecule has 4 nitrogen and oxygen atoms in total. The molecule has 21 heavy (non-hydrogen) atoms. The largest absolute Gasteiger partial charge is 0.375 e. The third kappa shape index (κ3) is 2.88. The summed E-state index contributed by atoms with van der Waals surface area (Å²) in [7, 11) is 0. The fraction of sp³-hybridized carbons (Fsp3) is 0.467. The van der Waals surface area contributed by atoms with E-state index in [-0.39, 0.29) is 18.1 Å². The molecule has 3 heterocycles. The highest BCUT2D eigenvalue weighted by molar-refractivity contribution is 7.17. The number of thiazole rings is 1. The lowest BCUT2D eigenvalue weighted by Crippen LogP contribution is -2.50. The van der Waals surface area contributed by atoms with Crippen LogP contribution in [0, 0.1) is 6.92 Å². The molecule has 6 heteroatoms. The minimum Gasteiger partial charge on any atom is -0.375 e. The molecule has 3 rings (SSSR count). The number of carbonyl (C=O) groups excluding carboxylic acids is 1. The lowest BCUT2D eigenvalue weighted by Gasteiger charge is -2.36. The van der Waals surface area contributed by atoms with Crippen LogP contribution < -0.4 is 0 Å². The van der Waals surface area contributed by atoms with Gasteiger partial charge in [0.1, 0.15) is 9.88 Å². The molecule has 0 unspecified atom stereocenters. The van der Waals surface area contributed by atoms with Gasteiger partial charge < -0.3 is 9.64 Å². The van der Waals surface area contributed by atoms with Crippen molar-refractivity contribution in [1.29, 1.82) is 0 Å². The van der Waals surface area contributed by atoms with E-state index in [9.17, 15) is 4.79 Å². The smallest absolute Gasteiger partial charge is 0.266 e. The van der Waals surface area contributed by atoms with E-state index in [2.05, 4.69) is 10.4 Å². The molecule has 1 aliphatic heterocycles. The van der Waals surface area contributed by atoms with Gasteiger partial charge in [0, 0.05) is 17.5 Å². The van der Waals surface area contributed by atoms with Crippen molar-refractivity contribution in [2.75, 3.05) is 13.2 Å². The van der Waals surface area contributed by atoms with Crippen LogP contribution in [-0.4, -0.2) is 41.1 Å². The Morgan fingerprint density at radius 3 is 3.00 bits per heavy atom. The Morgan fingerprint density at radius 1 is 1.48 bits per heavy atom. The molecule has 112 valence electrons. The van der Waals surface area contributed by atoms with Gasteiger partial charge in [-0.2, -0.15) is 11.3 Å². The van der Waals surface area contributed by atoms with Crippen LogP contribution >= 0.6 is 22.7 Å². The molecule has 1 amide bonds. The summed E-state index contributed by atoms with van der Waals surface area (Å²) in [4.78, 5) is 20.0. The van der Waals surface area contributed by atoms with Gasteiger partial charge in [-0.3, -0.25) is 4.79 Å². The normalized spacial score (nSPS) is 22.5. The summed E-state index contributed by atoms with van der Waals surface area (Å²) in [5, 5.41) is 5.01. The maximum atomic E-state index is 12.8. The number of amides is 1. The van der Waals surface area contributed by atoms with Crippen molar-refractivity contribution < 1.29 is 9.53 Å². The number of thiophene rings is 1. The minimum atomic E-state index is 0.0779. The highest BCUT2D eigenvalue weighted by atomic mass is 32.1. The van der Waals surface area contributed by atoms with E-state index < -0.39 is 0 Å². The third-order valence-electron chi connectivity index (χ3n) is 3.63. The molecule has 2 aromatic rings. The summed E-state index contributed by atoms with van der Waals surface area (Å²) >= 11 is 3.13. The summed E-state index contributed by atoms with van der Waals surface area (Å²) in [6, 6.07) is 2.15. The molecule has 2 aromatic heterocycles. The topological polar surface area (TPSA) is 42.4 Å². The Hall–Kier alpha value is -1.24. The van der Waals surface area contributed by atoms with Crippen LogP contribution in [0.15, 0.2) is 16.8 Å². The highest BCUT2D eigenvalue weighted by Crippen LogP contribution is 2.31. The zero-order valence-electron chi connectivity index (χ0n) is 12.3. The average molecular weight is 322 g/mol. The van der Waals surface area contributed by atoms with E-state index in [0.717, 1.165) is 21.1 Å². The third-order valence-corrected chi connectivity index (χ3v) is 5.51. The van der Waals surface area contributed by atoms with Crippen LogP contribution in [0.1, 0.15) is 29.2 Å². The lowest BCUT2D eigenvalue weighted by atomic mass is 10.2. The number of nitrogens with zero attached hydrogens (tertiary/aromatic N) is 2. The molecular formula is C15H18N2O2S2. The molecule has 1 saturated heterocycles. The van der Waals surface area contributed by atoms with Gasteiger partial charge in [-0.15, -0.1) is 11.3 Å². The van der Waals surface area contributed by atoms with Gasteiger partial charge in [0.15, 0.2) is 0 Å². The number of ether oxygens (including phenoxy) is 1. The van der Waals surface area contributed by atoms with E-state index in [4.69, 9.17) is 4.74 Å². The zero-order chi connectivity index (χ0) is 15.0. The van der Waals surface area contributed by atoms with E-state index in [1.807, 2.05) is 37.1 Å². The maximum Gasteiger partial charge on any atom is 0.266 e. The molecule has 2 atom stereocenters. The number of hydrogen-bond acceptors (Lipinski definition) is 5. The second-order valence-corrected chi connectivity index (χ2v) is 7.18. The number of morpholine rings is 1. The van der Waals surface area contributed by atoms with Crippen LogP contribution in [0.25, 0.3) is 10.6 Å². The van der Waals surface area contributed by atoms with Crippen molar-refractivity contribution in [1.82, 2.24) is 9.88 Å². The molecule has 1 aliphatic rings. The molecule has 0 radical (unpaired) electrons. The average Bonchev–Trinajstić information content (AvgIpc) is 3.09. The first kappa shape index (κ1) is 14.7. The van der Waals surface area contributed by atoms with Crippen molar-refractivity contribution in [3.63, 3.8) is 0 Å². The first-order chi connectivity index (χ1) is 10.1. The predicted molar refractivity (Wildman–Crippen MR) is 86.1 cm³/mol. The van der Waals surface area contributed by atoms with E-state index in [0.29, 0.717) is 13.2 Å². The molecule has 0 bridgehead atoms. The highest BCUT2D eigenvalue weighted by Gasteiger charge is 2.30. The zero-order valence-corrected chi connectivity index (χ0v) is 14.0. The number of aromatic nitrogens is 1. The molecular weight excluding hydrogens is 304 g/mol. The summed E-state index contributed by atoms with van der Waals surface area (Å²) in [6.07, 6.45) is 0.0923. The second kappa shape index (κ2) is 5.87. The summed E-state index contributed by atoms with van der Waals surface area (Å²) in [6.45, 7) is 7.18. The lowest BCUT2D eigenvalue weighted by molar-refractivity contribution is -0.0385. The Kier molecular flexibility index (Phi) is 4.10. The first-order valence-electron chi connectivity index (χ1n) is 6.99. The number of carbonyl (C=O) groups is 1. The summed E-state index contributed by atoms with van der Waals surface area (Å²) in [5.41, 5.74) is 1.91. The Labute approximate surface area is 132 Å². The molecule has 0 spiro atoms. The SMILES string of the molecule is Cc1nc(-c2ccsc2)sc1C(=O)N1C[C@H](C)OC[C@@H]1C. The molecule has 0 N–H and O–H groups in total. The van der Waals surface area contributed by atoms with Gasteiger partial charge in [-0.05, 0) is 32.2 Å². The molecule has 1 fully saturated rings. The first-order valence-corrected chi connectivity index (χ1v) is 8.74. The van der Waals surface area contributed by atoms with E-state index in [1.54, 1.807) is 11.3 Å². The van der Waals surface area contributed by atoms with Gasteiger partial charge in [-0.25, -0.2) is 4.98 Å². The molecule has 0 aromatic carbocycles. The minimum absolute atomic E-state index is 0.0779. The van der Waals surface area contributed by atoms with Crippen molar-refractivity contribution in [3.8, 4) is 10.6 Å². The second-order valence-electron chi connectivity index (χ2n) is 5.40. The Bertz CT molecular complexity index is 636. The van der Waals surface area contributed by atoms with Crippen LogP contribution in [0.2, 0.25) is 0 Å². The van der Waals surface area contributed by atoms with E-state index in [1.165, 1.54) is 11.3 Å². The van der Waals surface area contributed by atoms with Crippen molar-refractivity contribution in [3.05, 3.63) is 27.4 Å². The fourth-order valence-electron chi connectivity index (χ4n) is 2.42. The standard InChI is InChI=1S/C15H18N2O2S2/c1-9-7-19-10(2)6-17(9)15(18)13-11(3)16-14(21-13)12-4-5-20-8-12/h4-5,8-10H,6-7H2,1-3H3/t9-,10-/m0/s1. The maximum absolute atomic E-state index is 12.8. The molecule has 0 saturated carbocycles. The summed E-state index contributed by atoms with van der Waals surface area (Å²) in [5.74, 6) is 0.0779. The number of hydrogen-bond donors (Lipinski definition) is 0. The Balaban J connectivity index is 1.88. The van der Waals surface area contributed by atoms with Gasteiger partial charge in [-0.1, -0.05) is 0 Å². The monoisotopic (exact) mass is 322 g/mol. The van der Waals surface area contributed by atoms with Crippen molar-refractivity contribution >= 4 is 28.6 Å². The van der Waals surface area contributed by atoms with Gasteiger partial charge in [0.05, 0.1) is 24.4 Å². The van der Waals surface area contributed by atoms with Crippen LogP contribution in [0.3, 0.4) is 0 Å². The molecule has 0 aliphatic carbocycles. The Morgan fingerprint density at radius 2 is 2.29 bits per heavy atom. The van der Waals surface area contributed by atoms with Gasteiger partial charge >= 0.3 is 0 Å². The van der Waals surface area contributed by atoms with Crippen LogP contribution in [0.4, 0.5) is 0 Å². The van der Waals surface area contributed by atoms with Crippen molar-refractivity contribution in [2.24, 2.45) is 0 Å².